The highest BCUT2D eigenvalue weighted by atomic mass is 35.5. The quantitative estimate of drug-likeness (QED) is 0.890. The molecule has 0 aliphatic heterocycles. The lowest BCUT2D eigenvalue weighted by molar-refractivity contribution is -0.0497. The molecule has 1 aliphatic rings. The van der Waals surface area contributed by atoms with Gasteiger partial charge in [0.1, 0.15) is 5.75 Å². The molecular weight excluding hydrogens is 274 g/mol. The summed E-state index contributed by atoms with van der Waals surface area (Å²) in [4.78, 5) is 0. The molecule has 1 aromatic carbocycles. The molecule has 0 atom stereocenters. The highest BCUT2D eigenvalue weighted by Crippen LogP contribution is 2.30. The van der Waals surface area contributed by atoms with Crippen LogP contribution in [0, 0.1) is 0 Å². The SMILES string of the molecule is NC1CCC(Nc2ccc(OC(F)F)c(Cl)c2)CC1. The number of hydrogen-bond donors (Lipinski definition) is 2. The van der Waals surface area contributed by atoms with E-state index in [0.29, 0.717) is 12.1 Å². The summed E-state index contributed by atoms with van der Waals surface area (Å²) in [6.45, 7) is -2.86. The molecule has 0 unspecified atom stereocenters. The van der Waals surface area contributed by atoms with E-state index in [-0.39, 0.29) is 10.8 Å². The second kappa shape index (κ2) is 6.39. The van der Waals surface area contributed by atoms with Crippen LogP contribution in [0.1, 0.15) is 25.7 Å². The largest absolute Gasteiger partial charge is 0.433 e. The van der Waals surface area contributed by atoms with Gasteiger partial charge in [-0.3, -0.25) is 0 Å². The Labute approximate surface area is 116 Å². The number of ether oxygens (including phenoxy) is 1. The lowest BCUT2D eigenvalue weighted by Crippen LogP contribution is -2.32. The number of hydrogen-bond acceptors (Lipinski definition) is 3. The summed E-state index contributed by atoms with van der Waals surface area (Å²) in [5, 5.41) is 3.52. The normalized spacial score (nSPS) is 23.4. The van der Waals surface area contributed by atoms with E-state index >= 15 is 0 Å². The van der Waals surface area contributed by atoms with E-state index in [2.05, 4.69) is 10.1 Å². The van der Waals surface area contributed by atoms with Crippen LogP contribution in [0.5, 0.6) is 5.75 Å². The van der Waals surface area contributed by atoms with Crippen molar-refractivity contribution < 1.29 is 13.5 Å². The molecule has 1 aromatic rings. The molecule has 0 saturated heterocycles. The Bertz CT molecular complexity index is 423. The molecule has 0 radical (unpaired) electrons. The second-order valence-electron chi connectivity index (χ2n) is 4.78. The lowest BCUT2D eigenvalue weighted by atomic mass is 9.92. The van der Waals surface area contributed by atoms with Gasteiger partial charge in [0.15, 0.2) is 0 Å². The molecule has 0 bridgehead atoms. The minimum atomic E-state index is -2.86. The van der Waals surface area contributed by atoms with Gasteiger partial charge >= 0.3 is 6.61 Å². The third-order valence-electron chi connectivity index (χ3n) is 3.29. The molecule has 2 rings (SSSR count). The van der Waals surface area contributed by atoms with Crippen LogP contribution < -0.4 is 15.8 Å². The van der Waals surface area contributed by atoms with Crippen LogP contribution in [0.2, 0.25) is 5.02 Å². The number of benzene rings is 1. The molecule has 1 saturated carbocycles. The summed E-state index contributed by atoms with van der Waals surface area (Å²) in [5.74, 6) is -0.00659. The predicted molar refractivity (Wildman–Crippen MR) is 71.9 cm³/mol. The Hall–Kier alpha value is -1.07. The van der Waals surface area contributed by atoms with Crippen LogP contribution in [0.4, 0.5) is 14.5 Å². The van der Waals surface area contributed by atoms with Gasteiger partial charge in [-0.15, -0.1) is 0 Å². The average Bonchev–Trinajstić information content (AvgIpc) is 2.35. The lowest BCUT2D eigenvalue weighted by Gasteiger charge is -2.27. The van der Waals surface area contributed by atoms with Crippen molar-refractivity contribution in [3.8, 4) is 5.75 Å². The smallest absolute Gasteiger partial charge is 0.387 e. The molecule has 3 N–H and O–H groups in total. The van der Waals surface area contributed by atoms with E-state index < -0.39 is 6.61 Å². The topological polar surface area (TPSA) is 47.3 Å². The van der Waals surface area contributed by atoms with E-state index in [1.165, 1.54) is 6.07 Å². The van der Waals surface area contributed by atoms with E-state index in [0.717, 1.165) is 31.4 Å². The first-order chi connectivity index (χ1) is 9.04. The first kappa shape index (κ1) is 14.3. The molecule has 0 aromatic heterocycles. The predicted octanol–water partition coefficient (Wildman–Crippen LogP) is 3.62. The number of rotatable bonds is 4. The third-order valence-corrected chi connectivity index (χ3v) is 3.59. The van der Waals surface area contributed by atoms with E-state index in [4.69, 9.17) is 17.3 Å². The first-order valence-electron chi connectivity index (χ1n) is 6.31. The molecule has 0 amide bonds. The molecule has 1 aliphatic carbocycles. The van der Waals surface area contributed by atoms with Gasteiger partial charge in [-0.1, -0.05) is 11.6 Å². The van der Waals surface area contributed by atoms with Gasteiger partial charge in [-0.2, -0.15) is 8.78 Å². The van der Waals surface area contributed by atoms with Crippen LogP contribution in [0.3, 0.4) is 0 Å². The Kier molecular flexibility index (Phi) is 4.82. The van der Waals surface area contributed by atoms with Gasteiger partial charge in [0.05, 0.1) is 5.02 Å². The maximum atomic E-state index is 12.1. The van der Waals surface area contributed by atoms with Crippen LogP contribution >= 0.6 is 11.6 Å². The number of halogens is 3. The zero-order valence-electron chi connectivity index (χ0n) is 10.4. The monoisotopic (exact) mass is 290 g/mol. The van der Waals surface area contributed by atoms with Gasteiger partial charge in [0.25, 0.3) is 0 Å². The summed E-state index contributed by atoms with van der Waals surface area (Å²) in [6.07, 6.45) is 4.01. The van der Waals surface area contributed by atoms with Crippen molar-refractivity contribution in [1.29, 1.82) is 0 Å². The number of alkyl halides is 2. The Morgan fingerprint density at radius 2 is 1.95 bits per heavy atom. The molecule has 0 heterocycles. The zero-order valence-corrected chi connectivity index (χ0v) is 11.2. The van der Waals surface area contributed by atoms with E-state index in [9.17, 15) is 8.78 Å². The van der Waals surface area contributed by atoms with E-state index in [1.54, 1.807) is 12.1 Å². The minimum Gasteiger partial charge on any atom is -0.433 e. The Morgan fingerprint density at radius 3 is 2.53 bits per heavy atom. The van der Waals surface area contributed by atoms with Crippen molar-refractivity contribution in [3.63, 3.8) is 0 Å². The van der Waals surface area contributed by atoms with Gasteiger partial charge in [0.2, 0.25) is 0 Å². The Morgan fingerprint density at radius 1 is 1.26 bits per heavy atom. The van der Waals surface area contributed by atoms with Crippen molar-refractivity contribution >= 4 is 17.3 Å². The maximum absolute atomic E-state index is 12.1. The fourth-order valence-electron chi connectivity index (χ4n) is 2.28. The summed E-state index contributed by atoms with van der Waals surface area (Å²) in [7, 11) is 0. The van der Waals surface area contributed by atoms with Crippen LogP contribution in [-0.4, -0.2) is 18.7 Å². The average molecular weight is 291 g/mol. The van der Waals surface area contributed by atoms with Crippen molar-refractivity contribution in [2.24, 2.45) is 5.73 Å². The first-order valence-corrected chi connectivity index (χ1v) is 6.69. The molecular formula is C13H17ClF2N2O. The van der Waals surface area contributed by atoms with Crippen molar-refractivity contribution in [2.45, 2.75) is 44.4 Å². The Balaban J connectivity index is 1.96. The molecule has 3 nitrogen and oxygen atoms in total. The van der Waals surface area contributed by atoms with Crippen LogP contribution in [-0.2, 0) is 0 Å². The van der Waals surface area contributed by atoms with E-state index in [1.807, 2.05) is 0 Å². The standard InChI is InChI=1S/C13H17ClF2N2O/c14-11-7-10(5-6-12(11)19-13(15)16)18-9-3-1-8(17)2-4-9/h5-9,13,18H,1-4,17H2. The van der Waals surface area contributed by atoms with Crippen molar-refractivity contribution in [1.82, 2.24) is 0 Å². The number of nitrogens with one attached hydrogen (secondary N) is 1. The van der Waals surface area contributed by atoms with Crippen molar-refractivity contribution in [3.05, 3.63) is 23.2 Å². The highest BCUT2D eigenvalue weighted by Gasteiger charge is 2.18. The molecule has 19 heavy (non-hydrogen) atoms. The fourth-order valence-corrected chi connectivity index (χ4v) is 2.51. The summed E-state index contributed by atoms with van der Waals surface area (Å²) < 4.78 is 28.5. The van der Waals surface area contributed by atoms with Gasteiger partial charge in [-0.05, 0) is 43.9 Å². The molecule has 106 valence electrons. The molecule has 1 fully saturated rings. The minimum absolute atomic E-state index is 0.00659. The van der Waals surface area contributed by atoms with Gasteiger partial charge in [-0.25, -0.2) is 0 Å². The second-order valence-corrected chi connectivity index (χ2v) is 5.19. The summed E-state index contributed by atoms with van der Waals surface area (Å²) >= 11 is 5.90. The summed E-state index contributed by atoms with van der Waals surface area (Å²) in [5.41, 5.74) is 6.66. The fraction of sp³-hybridized carbons (Fsp3) is 0.538. The number of anilines is 1. The summed E-state index contributed by atoms with van der Waals surface area (Å²) in [6, 6.07) is 5.40. The third kappa shape index (κ3) is 4.21. The van der Waals surface area contributed by atoms with Crippen LogP contribution in [0.25, 0.3) is 0 Å². The van der Waals surface area contributed by atoms with Crippen molar-refractivity contribution in [2.75, 3.05) is 5.32 Å². The highest BCUT2D eigenvalue weighted by molar-refractivity contribution is 6.32. The van der Waals surface area contributed by atoms with Gasteiger partial charge in [0, 0.05) is 17.8 Å². The zero-order chi connectivity index (χ0) is 13.8. The maximum Gasteiger partial charge on any atom is 0.387 e. The molecule has 0 spiro atoms. The van der Waals surface area contributed by atoms with Gasteiger partial charge < -0.3 is 15.8 Å². The molecule has 6 heteroatoms. The van der Waals surface area contributed by atoms with Crippen LogP contribution in [0.15, 0.2) is 18.2 Å². The number of nitrogens with two attached hydrogens (primary N) is 1.